The Kier molecular flexibility index (Phi) is 11.2. The van der Waals surface area contributed by atoms with Crippen molar-refractivity contribution in [2.24, 2.45) is 0 Å². The molecule has 0 aromatic heterocycles. The Morgan fingerprint density at radius 2 is 1.64 bits per heavy atom. The molecule has 0 spiro atoms. The van der Waals surface area contributed by atoms with Crippen LogP contribution in [0.2, 0.25) is 0 Å². The van der Waals surface area contributed by atoms with E-state index in [0.29, 0.717) is 29.9 Å². The Balaban J connectivity index is 1.32. The molecule has 222 valence electrons. The SMILES string of the molecule is C=CCN(C)CC1CC(c2ccc(CO)cc2)OC(c2ccc(NC(=O)CCCC(=O)Nc3ccccc3N)cc2)O1. The lowest BCUT2D eigenvalue weighted by atomic mass is 9.99. The Hall–Kier alpha value is -4.02. The molecule has 5 N–H and O–H groups in total. The average Bonchev–Trinajstić information content (AvgIpc) is 2.98. The summed E-state index contributed by atoms with van der Waals surface area (Å²) in [5, 5.41) is 15.1. The number of hydrogen-bond acceptors (Lipinski definition) is 7. The number of carbonyl (C=O) groups excluding carboxylic acids is 2. The number of amides is 2. The third-order valence-corrected chi connectivity index (χ3v) is 7.08. The normalized spacial score (nSPS) is 18.4. The van der Waals surface area contributed by atoms with Crippen LogP contribution in [-0.4, -0.2) is 48.1 Å². The molecule has 9 nitrogen and oxygen atoms in total. The summed E-state index contributed by atoms with van der Waals surface area (Å²) < 4.78 is 12.8. The molecule has 42 heavy (non-hydrogen) atoms. The van der Waals surface area contributed by atoms with Crippen molar-refractivity contribution in [2.45, 2.75) is 50.8 Å². The van der Waals surface area contributed by atoms with E-state index in [4.69, 9.17) is 15.2 Å². The van der Waals surface area contributed by atoms with Crippen molar-refractivity contribution < 1.29 is 24.2 Å². The molecule has 2 amide bonds. The number of rotatable bonds is 13. The molecule has 0 radical (unpaired) electrons. The third-order valence-electron chi connectivity index (χ3n) is 7.08. The van der Waals surface area contributed by atoms with Gasteiger partial charge in [0.05, 0.1) is 30.2 Å². The molecule has 1 aliphatic heterocycles. The van der Waals surface area contributed by atoms with Gasteiger partial charge in [0.1, 0.15) is 0 Å². The zero-order chi connectivity index (χ0) is 29.9. The zero-order valence-electron chi connectivity index (χ0n) is 24.0. The number of nitrogens with one attached hydrogen (secondary N) is 2. The van der Waals surface area contributed by atoms with Crippen molar-refractivity contribution in [1.82, 2.24) is 4.90 Å². The Morgan fingerprint density at radius 3 is 2.31 bits per heavy atom. The summed E-state index contributed by atoms with van der Waals surface area (Å²) in [7, 11) is 2.03. The van der Waals surface area contributed by atoms with Crippen molar-refractivity contribution in [3.05, 3.63) is 102 Å². The fourth-order valence-electron chi connectivity index (χ4n) is 4.86. The van der Waals surface area contributed by atoms with Crippen LogP contribution in [0.4, 0.5) is 17.1 Å². The van der Waals surface area contributed by atoms with Crippen molar-refractivity contribution >= 4 is 28.9 Å². The number of likely N-dealkylation sites (N-methyl/N-ethyl adjacent to an activating group) is 1. The highest BCUT2D eigenvalue weighted by Crippen LogP contribution is 2.38. The first-order valence-corrected chi connectivity index (χ1v) is 14.2. The first-order valence-electron chi connectivity index (χ1n) is 14.2. The summed E-state index contributed by atoms with van der Waals surface area (Å²) in [6.07, 6.45) is 2.58. The van der Waals surface area contributed by atoms with Gasteiger partial charge in [0.25, 0.3) is 0 Å². The molecule has 1 heterocycles. The molecule has 3 aromatic rings. The topological polar surface area (TPSA) is 126 Å². The maximum Gasteiger partial charge on any atom is 0.224 e. The van der Waals surface area contributed by atoms with Crippen LogP contribution in [0.5, 0.6) is 0 Å². The first kappa shape index (κ1) is 30.9. The van der Waals surface area contributed by atoms with Gasteiger partial charge in [-0.05, 0) is 48.9 Å². The molecule has 1 aliphatic rings. The first-order chi connectivity index (χ1) is 20.3. The Bertz CT molecular complexity index is 1330. The second-order valence-electron chi connectivity index (χ2n) is 10.5. The minimum absolute atomic E-state index is 0.00541. The van der Waals surface area contributed by atoms with Gasteiger partial charge < -0.3 is 35.8 Å². The number of carbonyl (C=O) groups is 2. The fourth-order valence-corrected chi connectivity index (χ4v) is 4.86. The van der Waals surface area contributed by atoms with Crippen molar-refractivity contribution in [3.63, 3.8) is 0 Å². The molecule has 3 unspecified atom stereocenters. The van der Waals surface area contributed by atoms with Gasteiger partial charge in [-0.2, -0.15) is 0 Å². The quantitative estimate of drug-likeness (QED) is 0.164. The highest BCUT2D eigenvalue weighted by Gasteiger charge is 2.32. The Morgan fingerprint density at radius 1 is 0.976 bits per heavy atom. The molecule has 3 atom stereocenters. The summed E-state index contributed by atoms with van der Waals surface area (Å²) in [6.45, 7) is 5.30. The third kappa shape index (κ3) is 8.99. The molecule has 3 aromatic carbocycles. The number of ether oxygens (including phenoxy) is 2. The highest BCUT2D eigenvalue weighted by molar-refractivity contribution is 5.94. The van der Waals surface area contributed by atoms with Gasteiger partial charge >= 0.3 is 0 Å². The number of hydrogen-bond donors (Lipinski definition) is 4. The molecule has 0 bridgehead atoms. The van der Waals surface area contributed by atoms with Gasteiger partial charge in [0.2, 0.25) is 11.8 Å². The molecule has 0 saturated carbocycles. The molecular formula is C33H40N4O5. The van der Waals surface area contributed by atoms with Crippen LogP contribution >= 0.6 is 0 Å². The number of aliphatic hydroxyl groups excluding tert-OH is 1. The molecule has 1 fully saturated rings. The lowest BCUT2D eigenvalue weighted by molar-refractivity contribution is -0.252. The van der Waals surface area contributed by atoms with Crippen LogP contribution in [0.3, 0.4) is 0 Å². The smallest absolute Gasteiger partial charge is 0.224 e. The predicted octanol–water partition coefficient (Wildman–Crippen LogP) is 5.17. The maximum atomic E-state index is 12.5. The van der Waals surface area contributed by atoms with E-state index >= 15 is 0 Å². The standard InChI is InChI=1S/C33H40N4O5/c1-3-19-37(2)21-27-20-30(24-13-11-23(22-38)12-14-24)42-33(41-27)25-15-17-26(18-16-25)35-31(39)9-6-10-32(40)36-29-8-5-4-7-28(29)34/h3-5,7-8,11-18,27,30,33,38H,1,6,9-10,19-22,34H2,2H3,(H,35,39)(H,36,40). The lowest BCUT2D eigenvalue weighted by Gasteiger charge is -2.37. The van der Waals surface area contributed by atoms with Gasteiger partial charge in [-0.3, -0.25) is 9.59 Å². The number of benzene rings is 3. The van der Waals surface area contributed by atoms with E-state index in [0.717, 1.165) is 29.8 Å². The second-order valence-corrected chi connectivity index (χ2v) is 10.5. The molecular weight excluding hydrogens is 532 g/mol. The van der Waals surface area contributed by atoms with Crippen LogP contribution < -0.4 is 16.4 Å². The number of nitrogens with two attached hydrogens (primary N) is 1. The van der Waals surface area contributed by atoms with Crippen LogP contribution in [0.25, 0.3) is 0 Å². The second kappa shape index (κ2) is 15.3. The minimum atomic E-state index is -0.578. The predicted molar refractivity (Wildman–Crippen MR) is 165 cm³/mol. The summed E-state index contributed by atoms with van der Waals surface area (Å²) in [4.78, 5) is 26.9. The lowest BCUT2D eigenvalue weighted by Crippen LogP contribution is -2.37. The number of nitrogens with zero attached hydrogens (tertiary/aromatic N) is 1. The van der Waals surface area contributed by atoms with E-state index in [9.17, 15) is 14.7 Å². The van der Waals surface area contributed by atoms with E-state index in [2.05, 4.69) is 22.1 Å². The maximum absolute atomic E-state index is 12.5. The van der Waals surface area contributed by atoms with Crippen LogP contribution in [0.1, 0.15) is 54.8 Å². The van der Waals surface area contributed by atoms with Crippen molar-refractivity contribution in [1.29, 1.82) is 0 Å². The zero-order valence-corrected chi connectivity index (χ0v) is 24.0. The minimum Gasteiger partial charge on any atom is -0.397 e. The summed E-state index contributed by atoms with van der Waals surface area (Å²) in [6, 6.07) is 22.3. The largest absolute Gasteiger partial charge is 0.397 e. The number of anilines is 3. The van der Waals surface area contributed by atoms with Crippen LogP contribution in [0.15, 0.2) is 85.5 Å². The molecule has 4 rings (SSSR count). The van der Waals surface area contributed by atoms with Crippen LogP contribution in [0, 0.1) is 0 Å². The fraction of sp³-hybridized carbons (Fsp3) is 0.333. The molecule has 0 aliphatic carbocycles. The molecule has 1 saturated heterocycles. The van der Waals surface area contributed by atoms with Crippen LogP contribution in [-0.2, 0) is 25.7 Å². The van der Waals surface area contributed by atoms with Gasteiger partial charge in [-0.1, -0.05) is 54.6 Å². The van der Waals surface area contributed by atoms with Gasteiger partial charge in [-0.25, -0.2) is 0 Å². The average molecular weight is 573 g/mol. The summed E-state index contributed by atoms with van der Waals surface area (Å²) in [5.41, 5.74) is 10.3. The van der Waals surface area contributed by atoms with Crippen molar-refractivity contribution in [3.8, 4) is 0 Å². The van der Waals surface area contributed by atoms with E-state index in [1.54, 1.807) is 24.3 Å². The Labute approximate surface area is 247 Å². The van der Waals surface area contributed by atoms with Crippen molar-refractivity contribution in [2.75, 3.05) is 36.5 Å². The monoisotopic (exact) mass is 572 g/mol. The van der Waals surface area contributed by atoms with Gasteiger partial charge in [0.15, 0.2) is 6.29 Å². The number of para-hydroxylation sites is 2. The van der Waals surface area contributed by atoms with Gasteiger partial charge in [-0.15, -0.1) is 6.58 Å². The molecule has 9 heteroatoms. The van der Waals surface area contributed by atoms with E-state index in [1.165, 1.54) is 0 Å². The van der Waals surface area contributed by atoms with E-state index in [1.807, 2.05) is 61.7 Å². The van der Waals surface area contributed by atoms with E-state index < -0.39 is 6.29 Å². The van der Waals surface area contributed by atoms with Gasteiger partial charge in [0, 0.05) is 43.6 Å². The number of aliphatic hydroxyl groups is 1. The summed E-state index contributed by atoms with van der Waals surface area (Å²) >= 11 is 0. The van der Waals surface area contributed by atoms with E-state index in [-0.39, 0.29) is 43.5 Å². The number of nitrogen functional groups attached to an aromatic ring is 1. The highest BCUT2D eigenvalue weighted by atomic mass is 16.7. The summed E-state index contributed by atoms with van der Waals surface area (Å²) in [5.74, 6) is -0.356.